The van der Waals surface area contributed by atoms with E-state index in [1.54, 1.807) is 11.3 Å². The molecule has 1 fully saturated rings. The van der Waals surface area contributed by atoms with Gasteiger partial charge in [-0.25, -0.2) is 0 Å². The number of nitrogens with one attached hydrogen (secondary N) is 1. The summed E-state index contributed by atoms with van der Waals surface area (Å²) >= 11 is 8.02. The first kappa shape index (κ1) is 13.3. The maximum Gasteiger partial charge on any atom is 0.0594 e. The molecule has 1 aromatic rings. The van der Waals surface area contributed by atoms with E-state index in [1.807, 2.05) is 6.07 Å². The summed E-state index contributed by atoms with van der Waals surface area (Å²) in [6, 6.07) is 2.34. The third kappa shape index (κ3) is 3.02. The summed E-state index contributed by atoms with van der Waals surface area (Å²) in [6.07, 6.45) is 2.58. The maximum absolute atomic E-state index is 6.27. The van der Waals surface area contributed by atoms with Crippen LogP contribution in [0.2, 0.25) is 5.02 Å². The molecular formula is C13H20ClNOS. The molecule has 2 nitrogen and oxygen atoms in total. The minimum atomic E-state index is 0.322. The second-order valence-corrected chi connectivity index (χ2v) is 5.95. The molecule has 2 rings (SSSR count). The van der Waals surface area contributed by atoms with Crippen molar-refractivity contribution in [3.8, 4) is 0 Å². The molecule has 3 unspecified atom stereocenters. The zero-order chi connectivity index (χ0) is 12.3. The van der Waals surface area contributed by atoms with Crippen molar-refractivity contribution in [1.29, 1.82) is 0 Å². The zero-order valence-corrected chi connectivity index (χ0v) is 12.0. The van der Waals surface area contributed by atoms with Crippen molar-refractivity contribution in [2.24, 2.45) is 5.92 Å². The summed E-state index contributed by atoms with van der Waals surface area (Å²) < 4.78 is 5.69. The Morgan fingerprint density at radius 1 is 1.65 bits per heavy atom. The normalized spacial score (nSPS) is 26.3. The minimum absolute atomic E-state index is 0.322. The first-order chi connectivity index (χ1) is 8.24. The molecule has 0 amide bonds. The molecule has 0 aliphatic carbocycles. The quantitative estimate of drug-likeness (QED) is 0.879. The third-order valence-electron chi connectivity index (χ3n) is 3.40. The highest BCUT2D eigenvalue weighted by molar-refractivity contribution is 7.10. The second-order valence-electron chi connectivity index (χ2n) is 4.59. The molecule has 0 radical (unpaired) electrons. The average molecular weight is 274 g/mol. The zero-order valence-electron chi connectivity index (χ0n) is 10.4. The van der Waals surface area contributed by atoms with Crippen molar-refractivity contribution in [3.63, 3.8) is 0 Å². The van der Waals surface area contributed by atoms with E-state index in [9.17, 15) is 0 Å². The minimum Gasteiger partial charge on any atom is -0.378 e. The van der Waals surface area contributed by atoms with Crippen LogP contribution in [-0.4, -0.2) is 19.3 Å². The van der Waals surface area contributed by atoms with Gasteiger partial charge in [0.15, 0.2) is 0 Å². The Bertz CT molecular complexity index is 355. The van der Waals surface area contributed by atoms with Crippen LogP contribution in [0.5, 0.6) is 0 Å². The van der Waals surface area contributed by atoms with Crippen molar-refractivity contribution >= 4 is 22.9 Å². The molecule has 0 bridgehead atoms. The molecular weight excluding hydrogens is 254 g/mol. The van der Waals surface area contributed by atoms with Gasteiger partial charge in [0.25, 0.3) is 0 Å². The van der Waals surface area contributed by atoms with E-state index < -0.39 is 0 Å². The fourth-order valence-electron chi connectivity index (χ4n) is 2.45. The number of hydrogen-bond acceptors (Lipinski definition) is 3. The third-order valence-corrected chi connectivity index (χ3v) is 4.85. The Hall–Kier alpha value is -0.0900. The van der Waals surface area contributed by atoms with Crippen molar-refractivity contribution in [1.82, 2.24) is 5.32 Å². The van der Waals surface area contributed by atoms with E-state index in [2.05, 4.69) is 24.5 Å². The number of hydrogen-bond donors (Lipinski definition) is 1. The lowest BCUT2D eigenvalue weighted by atomic mass is 9.92. The van der Waals surface area contributed by atoms with Crippen LogP contribution < -0.4 is 5.32 Å². The van der Waals surface area contributed by atoms with Gasteiger partial charge in [-0.1, -0.05) is 18.5 Å². The molecule has 4 heteroatoms. The van der Waals surface area contributed by atoms with Crippen LogP contribution in [0, 0.1) is 5.92 Å². The number of halogens is 1. The summed E-state index contributed by atoms with van der Waals surface area (Å²) in [5, 5.41) is 6.59. The van der Waals surface area contributed by atoms with Crippen LogP contribution in [0.15, 0.2) is 11.4 Å². The van der Waals surface area contributed by atoms with Crippen LogP contribution in [0.1, 0.15) is 37.6 Å². The van der Waals surface area contributed by atoms with Gasteiger partial charge in [0, 0.05) is 23.4 Å². The first-order valence-corrected chi connectivity index (χ1v) is 7.57. The van der Waals surface area contributed by atoms with E-state index >= 15 is 0 Å². The van der Waals surface area contributed by atoms with E-state index in [0.717, 1.165) is 31.0 Å². The largest absolute Gasteiger partial charge is 0.378 e. The van der Waals surface area contributed by atoms with Crippen molar-refractivity contribution < 1.29 is 4.74 Å². The van der Waals surface area contributed by atoms with Crippen molar-refractivity contribution in [2.75, 3.05) is 13.2 Å². The Morgan fingerprint density at radius 3 is 3.00 bits per heavy atom. The topological polar surface area (TPSA) is 21.3 Å². The predicted molar refractivity (Wildman–Crippen MR) is 73.9 cm³/mol. The monoisotopic (exact) mass is 273 g/mol. The molecule has 0 saturated carbocycles. The number of ether oxygens (including phenoxy) is 1. The van der Waals surface area contributed by atoms with Crippen molar-refractivity contribution in [2.45, 2.75) is 38.8 Å². The molecule has 96 valence electrons. The lowest BCUT2D eigenvalue weighted by Gasteiger charge is -2.26. The van der Waals surface area contributed by atoms with Crippen LogP contribution in [0.4, 0.5) is 0 Å². The Kier molecular flexibility index (Phi) is 4.86. The van der Waals surface area contributed by atoms with Gasteiger partial charge in [-0.2, -0.15) is 0 Å². The second kappa shape index (κ2) is 6.19. The molecule has 1 aliphatic rings. The molecule has 0 aromatic carbocycles. The van der Waals surface area contributed by atoms with Gasteiger partial charge in [0.2, 0.25) is 0 Å². The lowest BCUT2D eigenvalue weighted by Crippen LogP contribution is -2.32. The van der Waals surface area contributed by atoms with Gasteiger partial charge < -0.3 is 10.1 Å². The lowest BCUT2D eigenvalue weighted by molar-refractivity contribution is 0.0958. The van der Waals surface area contributed by atoms with Gasteiger partial charge in [-0.15, -0.1) is 11.3 Å². The first-order valence-electron chi connectivity index (χ1n) is 6.32. The van der Waals surface area contributed by atoms with Gasteiger partial charge >= 0.3 is 0 Å². The molecule has 0 spiro atoms. The van der Waals surface area contributed by atoms with Gasteiger partial charge in [0.05, 0.1) is 11.1 Å². The van der Waals surface area contributed by atoms with E-state index in [-0.39, 0.29) is 0 Å². The molecule has 2 heterocycles. The average Bonchev–Trinajstić information content (AvgIpc) is 2.90. The van der Waals surface area contributed by atoms with E-state index in [0.29, 0.717) is 18.1 Å². The summed E-state index contributed by atoms with van der Waals surface area (Å²) in [5.41, 5.74) is 0. The fourth-order valence-corrected chi connectivity index (χ4v) is 3.78. The Morgan fingerprint density at radius 2 is 2.47 bits per heavy atom. The standard InChI is InChI=1S/C13H20ClNOS/c1-3-6-15-12(10-4-7-16-9(10)2)13-11(14)5-8-17-13/h5,8-10,12,15H,3-4,6-7H2,1-2H3. The number of thiophene rings is 1. The van der Waals surface area contributed by atoms with Gasteiger partial charge in [0.1, 0.15) is 0 Å². The van der Waals surface area contributed by atoms with Crippen LogP contribution in [0.25, 0.3) is 0 Å². The maximum atomic E-state index is 6.27. The van der Waals surface area contributed by atoms with Crippen molar-refractivity contribution in [3.05, 3.63) is 21.3 Å². The summed E-state index contributed by atoms with van der Waals surface area (Å²) in [6.45, 7) is 6.26. The highest BCUT2D eigenvalue weighted by Gasteiger charge is 2.33. The fraction of sp³-hybridized carbons (Fsp3) is 0.692. The molecule has 1 N–H and O–H groups in total. The SMILES string of the molecule is CCCNC(c1sccc1Cl)C1CCOC1C. The molecule has 17 heavy (non-hydrogen) atoms. The van der Waals surface area contributed by atoms with Crippen LogP contribution in [-0.2, 0) is 4.74 Å². The van der Waals surface area contributed by atoms with Crippen LogP contribution >= 0.6 is 22.9 Å². The molecule has 1 saturated heterocycles. The Labute approximate surface area is 112 Å². The summed E-state index contributed by atoms with van der Waals surface area (Å²) in [5.74, 6) is 0.540. The summed E-state index contributed by atoms with van der Waals surface area (Å²) in [4.78, 5) is 1.27. The summed E-state index contributed by atoms with van der Waals surface area (Å²) in [7, 11) is 0. The van der Waals surface area contributed by atoms with Crippen LogP contribution in [0.3, 0.4) is 0 Å². The number of rotatable bonds is 5. The van der Waals surface area contributed by atoms with Gasteiger partial charge in [-0.3, -0.25) is 0 Å². The smallest absolute Gasteiger partial charge is 0.0594 e. The molecule has 3 atom stereocenters. The highest BCUT2D eigenvalue weighted by Crippen LogP contribution is 2.38. The van der Waals surface area contributed by atoms with E-state index in [1.165, 1.54) is 4.88 Å². The Balaban J connectivity index is 2.15. The van der Waals surface area contributed by atoms with E-state index in [4.69, 9.17) is 16.3 Å². The van der Waals surface area contributed by atoms with Gasteiger partial charge in [-0.05, 0) is 37.8 Å². The molecule has 1 aromatic heterocycles. The molecule has 1 aliphatic heterocycles. The highest BCUT2D eigenvalue weighted by atomic mass is 35.5. The predicted octanol–water partition coefficient (Wildman–Crippen LogP) is 3.87.